The second kappa shape index (κ2) is 10.8. The minimum atomic E-state index is -0.117. The minimum Gasteiger partial charge on any atom is -0.351 e. The van der Waals surface area contributed by atoms with E-state index in [1.807, 2.05) is 50.4 Å². The number of hydrogen-bond acceptors (Lipinski definition) is 3. The van der Waals surface area contributed by atoms with Crippen LogP contribution in [-0.4, -0.2) is 20.6 Å². The standard InChI is InChI=1S/C31H33N5OS/c1-5-28(37)33-26-15-14-24(17-20(26)2)36-30(29(34-31(36)38)27-13-9-10-16-32-27)25-18-21(3)35(22(25)4)19-23-11-7-6-8-12-23/h6-18,29-30H,5,19H2,1-4H3,(H,33,37)(H,34,38)/t29-,30+/m1/s1. The van der Waals surface area contributed by atoms with Crippen molar-refractivity contribution in [2.24, 2.45) is 0 Å². The van der Waals surface area contributed by atoms with Crippen LogP contribution in [0, 0.1) is 20.8 Å². The van der Waals surface area contributed by atoms with Crippen LogP contribution in [-0.2, 0) is 11.3 Å². The van der Waals surface area contributed by atoms with Gasteiger partial charge in [0, 0.05) is 41.9 Å². The largest absolute Gasteiger partial charge is 0.351 e. The molecule has 38 heavy (non-hydrogen) atoms. The zero-order valence-electron chi connectivity index (χ0n) is 22.2. The van der Waals surface area contributed by atoms with E-state index in [1.165, 1.54) is 22.5 Å². The van der Waals surface area contributed by atoms with Crippen LogP contribution in [0.4, 0.5) is 11.4 Å². The molecule has 4 aromatic rings. The van der Waals surface area contributed by atoms with Gasteiger partial charge in [0.2, 0.25) is 5.91 Å². The van der Waals surface area contributed by atoms with E-state index < -0.39 is 0 Å². The van der Waals surface area contributed by atoms with Crippen molar-refractivity contribution in [1.29, 1.82) is 0 Å². The van der Waals surface area contributed by atoms with E-state index in [0.29, 0.717) is 11.5 Å². The molecule has 0 aliphatic carbocycles. The van der Waals surface area contributed by atoms with E-state index in [4.69, 9.17) is 17.2 Å². The van der Waals surface area contributed by atoms with Crippen molar-refractivity contribution in [2.75, 3.05) is 10.2 Å². The van der Waals surface area contributed by atoms with Crippen molar-refractivity contribution in [1.82, 2.24) is 14.9 Å². The predicted octanol–water partition coefficient (Wildman–Crippen LogP) is 6.38. The summed E-state index contributed by atoms with van der Waals surface area (Å²) in [6, 6.07) is 24.7. The quantitative estimate of drug-likeness (QED) is 0.275. The van der Waals surface area contributed by atoms with Crippen LogP contribution in [0.3, 0.4) is 0 Å². The molecule has 194 valence electrons. The van der Waals surface area contributed by atoms with Crippen molar-refractivity contribution in [2.45, 2.75) is 52.7 Å². The first kappa shape index (κ1) is 25.7. The fourth-order valence-electron chi connectivity index (χ4n) is 5.26. The van der Waals surface area contributed by atoms with Gasteiger partial charge in [0.05, 0.1) is 17.8 Å². The molecule has 7 heteroatoms. The lowest BCUT2D eigenvalue weighted by Gasteiger charge is -2.29. The topological polar surface area (TPSA) is 62.2 Å². The van der Waals surface area contributed by atoms with Crippen LogP contribution in [0.2, 0.25) is 0 Å². The first-order chi connectivity index (χ1) is 18.4. The molecule has 2 N–H and O–H groups in total. The second-order valence-corrected chi connectivity index (χ2v) is 10.2. The number of pyridine rings is 1. The average molecular weight is 524 g/mol. The Morgan fingerprint density at radius 2 is 1.79 bits per heavy atom. The van der Waals surface area contributed by atoms with Crippen molar-refractivity contribution in [3.8, 4) is 0 Å². The summed E-state index contributed by atoms with van der Waals surface area (Å²) >= 11 is 5.94. The van der Waals surface area contributed by atoms with Gasteiger partial charge >= 0.3 is 0 Å². The highest BCUT2D eigenvalue weighted by Crippen LogP contribution is 2.44. The number of nitrogens with zero attached hydrogens (tertiary/aromatic N) is 3. The van der Waals surface area contributed by atoms with E-state index in [1.54, 1.807) is 0 Å². The van der Waals surface area contributed by atoms with E-state index in [0.717, 1.165) is 29.2 Å². The van der Waals surface area contributed by atoms with Crippen LogP contribution in [0.5, 0.6) is 0 Å². The van der Waals surface area contributed by atoms with Crippen LogP contribution < -0.4 is 15.5 Å². The first-order valence-corrected chi connectivity index (χ1v) is 13.4. The third kappa shape index (κ3) is 4.94. The summed E-state index contributed by atoms with van der Waals surface area (Å²) in [7, 11) is 0. The Balaban J connectivity index is 1.59. The summed E-state index contributed by atoms with van der Waals surface area (Å²) in [5.74, 6) is -0.00171. The maximum Gasteiger partial charge on any atom is 0.224 e. The number of hydrogen-bond donors (Lipinski definition) is 2. The van der Waals surface area contributed by atoms with Gasteiger partial charge in [-0.15, -0.1) is 0 Å². The Morgan fingerprint density at radius 3 is 2.47 bits per heavy atom. The molecule has 1 aliphatic heterocycles. The summed E-state index contributed by atoms with van der Waals surface area (Å²) < 4.78 is 2.37. The minimum absolute atomic E-state index is 0.00171. The number of nitrogens with one attached hydrogen (secondary N) is 2. The molecular formula is C31H33N5OS. The fraction of sp³-hybridized carbons (Fsp3) is 0.258. The lowest BCUT2D eigenvalue weighted by Crippen LogP contribution is -2.29. The molecule has 2 aromatic heterocycles. The highest BCUT2D eigenvalue weighted by atomic mass is 32.1. The number of benzene rings is 2. The molecule has 0 spiro atoms. The first-order valence-electron chi connectivity index (χ1n) is 13.0. The Labute approximate surface area is 229 Å². The maximum absolute atomic E-state index is 12.0. The average Bonchev–Trinajstić information content (AvgIpc) is 3.41. The lowest BCUT2D eigenvalue weighted by molar-refractivity contribution is -0.115. The Hall–Kier alpha value is -3.97. The molecule has 0 bridgehead atoms. The number of carbonyl (C=O) groups is 1. The number of carbonyl (C=O) groups excluding carboxylic acids is 1. The SMILES string of the molecule is CCC(=O)Nc1ccc(N2C(=S)N[C@H](c3ccccn3)[C@@H]2c2cc(C)n(Cc3ccccc3)c2C)cc1C. The number of anilines is 2. The van der Waals surface area contributed by atoms with Gasteiger partial charge in [0.25, 0.3) is 0 Å². The Kier molecular flexibility index (Phi) is 7.29. The molecule has 1 amide bonds. The molecule has 6 nitrogen and oxygen atoms in total. The van der Waals surface area contributed by atoms with E-state index in [9.17, 15) is 4.79 Å². The molecule has 2 atom stereocenters. The Morgan fingerprint density at radius 1 is 1.03 bits per heavy atom. The van der Waals surface area contributed by atoms with Crippen molar-refractivity contribution < 1.29 is 4.79 Å². The number of amides is 1. The molecule has 0 saturated carbocycles. The maximum atomic E-state index is 12.0. The normalized spacial score (nSPS) is 16.9. The highest BCUT2D eigenvalue weighted by molar-refractivity contribution is 7.80. The summed E-state index contributed by atoms with van der Waals surface area (Å²) in [6.07, 6.45) is 2.27. The van der Waals surface area contributed by atoms with Gasteiger partial charge < -0.3 is 20.1 Å². The zero-order chi connectivity index (χ0) is 26.8. The summed E-state index contributed by atoms with van der Waals surface area (Å²) in [6.45, 7) is 9.02. The summed E-state index contributed by atoms with van der Waals surface area (Å²) in [5, 5.41) is 7.21. The van der Waals surface area contributed by atoms with Gasteiger partial charge in [-0.3, -0.25) is 9.78 Å². The molecule has 0 unspecified atom stereocenters. The van der Waals surface area contributed by atoms with Crippen LogP contribution in [0.1, 0.15) is 59.2 Å². The van der Waals surface area contributed by atoms with Crippen LogP contribution in [0.25, 0.3) is 0 Å². The summed E-state index contributed by atoms with van der Waals surface area (Å²) in [4.78, 5) is 18.9. The number of aromatic nitrogens is 2. The van der Waals surface area contributed by atoms with Crippen molar-refractivity contribution >= 4 is 34.6 Å². The Bertz CT molecular complexity index is 1460. The molecular weight excluding hydrogens is 490 g/mol. The van der Waals surface area contributed by atoms with Gasteiger partial charge in [-0.1, -0.05) is 43.3 Å². The van der Waals surface area contributed by atoms with Crippen molar-refractivity contribution in [3.63, 3.8) is 0 Å². The van der Waals surface area contributed by atoms with Crippen molar-refractivity contribution in [3.05, 3.63) is 113 Å². The summed E-state index contributed by atoms with van der Waals surface area (Å²) in [5.41, 5.74) is 8.61. The van der Waals surface area contributed by atoms with Crippen LogP contribution >= 0.6 is 12.2 Å². The smallest absolute Gasteiger partial charge is 0.224 e. The van der Waals surface area contributed by atoms with Gasteiger partial charge in [-0.05, 0) is 86.1 Å². The number of thiocarbonyl (C=S) groups is 1. The van der Waals surface area contributed by atoms with Gasteiger partial charge in [-0.25, -0.2) is 0 Å². The number of rotatable bonds is 7. The van der Waals surface area contributed by atoms with E-state index in [2.05, 4.69) is 76.4 Å². The van der Waals surface area contributed by atoms with Gasteiger partial charge in [0.1, 0.15) is 0 Å². The predicted molar refractivity (Wildman–Crippen MR) is 157 cm³/mol. The van der Waals surface area contributed by atoms with Gasteiger partial charge in [-0.2, -0.15) is 0 Å². The molecule has 5 rings (SSSR count). The third-order valence-electron chi connectivity index (χ3n) is 7.30. The van der Waals surface area contributed by atoms with E-state index >= 15 is 0 Å². The fourth-order valence-corrected chi connectivity index (χ4v) is 5.61. The highest BCUT2D eigenvalue weighted by Gasteiger charge is 2.42. The molecule has 1 aliphatic rings. The van der Waals surface area contributed by atoms with Crippen LogP contribution in [0.15, 0.2) is 79.0 Å². The second-order valence-electron chi connectivity index (χ2n) is 9.80. The molecule has 0 radical (unpaired) electrons. The monoisotopic (exact) mass is 523 g/mol. The third-order valence-corrected chi connectivity index (χ3v) is 7.61. The lowest BCUT2D eigenvalue weighted by atomic mass is 9.96. The number of aryl methyl sites for hydroxylation is 2. The molecule has 3 heterocycles. The van der Waals surface area contributed by atoms with Gasteiger partial charge in [0.15, 0.2) is 5.11 Å². The molecule has 2 aromatic carbocycles. The van der Waals surface area contributed by atoms with E-state index in [-0.39, 0.29) is 18.0 Å². The molecule has 1 saturated heterocycles. The zero-order valence-corrected chi connectivity index (χ0v) is 23.0. The molecule has 1 fully saturated rings.